The van der Waals surface area contributed by atoms with E-state index in [0.29, 0.717) is 5.92 Å². The van der Waals surface area contributed by atoms with E-state index in [1.165, 1.54) is 54.4 Å². The molecule has 0 heterocycles. The minimum absolute atomic E-state index is 0.377. The summed E-state index contributed by atoms with van der Waals surface area (Å²) in [5.74, 6) is 0.377. The summed E-state index contributed by atoms with van der Waals surface area (Å²) < 4.78 is 0. The summed E-state index contributed by atoms with van der Waals surface area (Å²) >= 11 is 0. The highest BCUT2D eigenvalue weighted by Gasteiger charge is 2.11. The van der Waals surface area contributed by atoms with Crippen molar-refractivity contribution in [2.75, 3.05) is 0 Å². The molecule has 0 aliphatic heterocycles. The van der Waals surface area contributed by atoms with Gasteiger partial charge in [-0.2, -0.15) is 0 Å². The van der Waals surface area contributed by atoms with Crippen LogP contribution in [0, 0.1) is 0 Å². The molecular weight excluding hydrogens is 504 g/mol. The Morgan fingerprint density at radius 2 is 1.17 bits per heavy atom. The molecule has 0 aliphatic rings. The summed E-state index contributed by atoms with van der Waals surface area (Å²) in [6.45, 7) is 2.29. The van der Waals surface area contributed by atoms with E-state index >= 15 is 0 Å². The van der Waals surface area contributed by atoms with E-state index in [-0.39, 0.29) is 0 Å². The lowest BCUT2D eigenvalue weighted by molar-refractivity contribution is 0.710. The van der Waals surface area contributed by atoms with E-state index in [4.69, 9.17) is 0 Å². The molecule has 0 radical (unpaired) electrons. The Balaban J connectivity index is 1.42. The van der Waals surface area contributed by atoms with Gasteiger partial charge in [-0.1, -0.05) is 164 Å². The Labute approximate surface area is 255 Å². The maximum atomic E-state index is 2.58. The number of aryl methyl sites for hydroxylation is 1. The Morgan fingerprint density at radius 1 is 0.595 bits per heavy atom. The monoisotopic (exact) mass is 552 g/mol. The smallest absolute Gasteiger partial charge is 0.00584 e. The topological polar surface area (TPSA) is 0 Å². The summed E-state index contributed by atoms with van der Waals surface area (Å²) in [7, 11) is 0. The van der Waals surface area contributed by atoms with E-state index in [1.54, 1.807) is 11.1 Å². The van der Waals surface area contributed by atoms with E-state index in [2.05, 4.69) is 153 Å². The number of hydrogen-bond acceptors (Lipinski definition) is 0. The van der Waals surface area contributed by atoms with Gasteiger partial charge < -0.3 is 0 Å². The highest BCUT2D eigenvalue weighted by atomic mass is 14.2. The van der Waals surface area contributed by atoms with Crippen molar-refractivity contribution in [3.63, 3.8) is 0 Å². The molecule has 0 aliphatic carbocycles. The molecule has 0 heteroatoms. The van der Waals surface area contributed by atoms with E-state index < -0.39 is 0 Å². The fourth-order valence-electron chi connectivity index (χ4n) is 5.62. The maximum absolute atomic E-state index is 2.58. The number of hydrogen-bond donors (Lipinski definition) is 0. The zero-order valence-corrected chi connectivity index (χ0v) is 25.5. The van der Waals surface area contributed by atoms with Gasteiger partial charge in [0.15, 0.2) is 0 Å². The summed E-state index contributed by atoms with van der Waals surface area (Å²) in [5.41, 5.74) is 8.69. The normalized spacial score (nSPS) is 13.0. The molecule has 1 atom stereocenters. The first-order chi connectivity index (χ1) is 20.8. The van der Waals surface area contributed by atoms with Crippen LogP contribution in [0.4, 0.5) is 0 Å². The van der Waals surface area contributed by atoms with E-state index in [0.717, 1.165) is 32.1 Å². The molecule has 0 saturated heterocycles. The first kappa shape index (κ1) is 31.0. The molecule has 0 N–H and O–H groups in total. The third kappa shape index (κ3) is 11.5. The van der Waals surface area contributed by atoms with Crippen molar-refractivity contribution >= 4 is 6.08 Å². The van der Waals surface area contributed by atoms with Crippen LogP contribution < -0.4 is 0 Å². The van der Waals surface area contributed by atoms with Crippen LogP contribution in [0.1, 0.15) is 86.5 Å². The van der Waals surface area contributed by atoms with Gasteiger partial charge in [0.2, 0.25) is 0 Å². The van der Waals surface area contributed by atoms with Crippen LogP contribution in [0.2, 0.25) is 0 Å². The Morgan fingerprint density at radius 3 is 1.83 bits per heavy atom. The van der Waals surface area contributed by atoms with Gasteiger partial charge in [0.05, 0.1) is 0 Å². The van der Waals surface area contributed by atoms with Gasteiger partial charge in [-0.15, -0.1) is 0 Å². The SMILES string of the molecule is CCC(=CCCCC(=CCCCCc1ccccc1)CC(C=Cc1ccccc1)c1ccccc1)Cc1ccccc1. The number of allylic oxidation sites excluding steroid dienone is 5. The fourth-order valence-corrected chi connectivity index (χ4v) is 5.62. The predicted molar refractivity (Wildman–Crippen MR) is 184 cm³/mol. The molecule has 4 rings (SSSR count). The molecule has 0 nitrogen and oxygen atoms in total. The molecular formula is C42H48. The lowest BCUT2D eigenvalue weighted by atomic mass is 9.88. The molecule has 0 bridgehead atoms. The van der Waals surface area contributed by atoms with Crippen LogP contribution in [0.15, 0.2) is 151 Å². The van der Waals surface area contributed by atoms with Crippen molar-refractivity contribution in [1.82, 2.24) is 0 Å². The zero-order valence-electron chi connectivity index (χ0n) is 25.5. The molecule has 0 amide bonds. The van der Waals surface area contributed by atoms with Crippen LogP contribution in [0.25, 0.3) is 6.08 Å². The van der Waals surface area contributed by atoms with Gasteiger partial charge >= 0.3 is 0 Å². The number of unbranched alkanes of at least 4 members (excludes halogenated alkanes) is 3. The highest BCUT2D eigenvalue weighted by molar-refractivity contribution is 5.50. The van der Waals surface area contributed by atoms with Crippen molar-refractivity contribution in [2.24, 2.45) is 0 Å². The molecule has 4 aromatic carbocycles. The van der Waals surface area contributed by atoms with Crippen LogP contribution in [0.3, 0.4) is 0 Å². The maximum Gasteiger partial charge on any atom is 0.00584 e. The van der Waals surface area contributed by atoms with Gasteiger partial charge in [-0.05, 0) is 86.5 Å². The third-order valence-electron chi connectivity index (χ3n) is 8.09. The van der Waals surface area contributed by atoms with Gasteiger partial charge in [0, 0.05) is 5.92 Å². The molecule has 0 saturated carbocycles. The molecule has 0 aromatic heterocycles. The Hall–Kier alpha value is -3.90. The number of benzene rings is 4. The van der Waals surface area contributed by atoms with Crippen molar-refractivity contribution in [3.05, 3.63) is 173 Å². The van der Waals surface area contributed by atoms with Crippen molar-refractivity contribution in [1.29, 1.82) is 0 Å². The van der Waals surface area contributed by atoms with Crippen molar-refractivity contribution in [3.8, 4) is 0 Å². The first-order valence-electron chi connectivity index (χ1n) is 16.0. The Bertz CT molecular complexity index is 1350. The van der Waals surface area contributed by atoms with Crippen LogP contribution >= 0.6 is 0 Å². The lowest BCUT2D eigenvalue weighted by Gasteiger charge is -2.17. The minimum Gasteiger partial charge on any atom is -0.0853 e. The van der Waals surface area contributed by atoms with Gasteiger partial charge in [-0.25, -0.2) is 0 Å². The molecule has 0 spiro atoms. The number of rotatable bonds is 17. The third-order valence-corrected chi connectivity index (χ3v) is 8.09. The summed E-state index contributed by atoms with van der Waals surface area (Å²) in [4.78, 5) is 0. The second-order valence-corrected chi connectivity index (χ2v) is 11.4. The highest BCUT2D eigenvalue weighted by Crippen LogP contribution is 2.29. The second kappa shape index (κ2) is 18.5. The van der Waals surface area contributed by atoms with Crippen LogP contribution in [-0.4, -0.2) is 0 Å². The van der Waals surface area contributed by atoms with Crippen LogP contribution in [0.5, 0.6) is 0 Å². The second-order valence-electron chi connectivity index (χ2n) is 11.4. The van der Waals surface area contributed by atoms with E-state index in [9.17, 15) is 0 Å². The lowest BCUT2D eigenvalue weighted by Crippen LogP contribution is -1.99. The van der Waals surface area contributed by atoms with E-state index in [1.807, 2.05) is 0 Å². The van der Waals surface area contributed by atoms with Gasteiger partial charge in [0.1, 0.15) is 0 Å². The minimum atomic E-state index is 0.377. The molecule has 216 valence electrons. The molecule has 42 heavy (non-hydrogen) atoms. The fraction of sp³-hybridized carbons (Fsp3) is 0.286. The first-order valence-corrected chi connectivity index (χ1v) is 16.0. The molecule has 0 fully saturated rings. The largest absolute Gasteiger partial charge is 0.0853 e. The summed E-state index contributed by atoms with van der Waals surface area (Å²) in [6.07, 6.45) is 21.4. The summed E-state index contributed by atoms with van der Waals surface area (Å²) in [6, 6.07) is 43.6. The quantitative estimate of drug-likeness (QED) is 0.0902. The van der Waals surface area contributed by atoms with Gasteiger partial charge in [0.25, 0.3) is 0 Å². The average Bonchev–Trinajstić information content (AvgIpc) is 3.05. The average molecular weight is 553 g/mol. The van der Waals surface area contributed by atoms with Crippen molar-refractivity contribution < 1.29 is 0 Å². The molecule has 4 aromatic rings. The van der Waals surface area contributed by atoms with Crippen LogP contribution in [-0.2, 0) is 12.8 Å². The summed E-state index contributed by atoms with van der Waals surface area (Å²) in [5, 5.41) is 0. The Kier molecular flexibility index (Phi) is 13.7. The predicted octanol–water partition coefficient (Wildman–Crippen LogP) is 12.0. The van der Waals surface area contributed by atoms with Gasteiger partial charge in [-0.3, -0.25) is 0 Å². The molecule has 1 unspecified atom stereocenters. The zero-order chi connectivity index (χ0) is 29.1. The standard InChI is InChI=1S/C42H48/c1-2-36(34-39-26-13-6-14-27-39)20-18-19-29-40(28-15-5-10-23-37-21-8-3-9-22-37)35-42(41-30-16-7-17-31-41)33-32-38-24-11-4-12-25-38/h3-4,6-9,11-14,16-17,20-22,24-28,30-33,42H,2,5,10,15,18-19,23,29,34-35H2,1H3. The van der Waals surface area contributed by atoms with Crippen molar-refractivity contribution in [2.45, 2.75) is 77.0 Å².